The molecule has 1 unspecified atom stereocenters. The number of amides is 1. The monoisotopic (exact) mass is 680 g/mol. The van der Waals surface area contributed by atoms with Gasteiger partial charge >= 0.3 is 6.09 Å². The Balaban J connectivity index is 1.33. The van der Waals surface area contributed by atoms with Crippen molar-refractivity contribution >= 4 is 16.1 Å². The Labute approximate surface area is 284 Å². The van der Waals surface area contributed by atoms with E-state index < -0.39 is 21.7 Å². The van der Waals surface area contributed by atoms with E-state index in [0.29, 0.717) is 67.6 Å². The van der Waals surface area contributed by atoms with E-state index in [9.17, 15) is 18.0 Å². The summed E-state index contributed by atoms with van der Waals surface area (Å²) in [5.74, 6) is 1.33. The van der Waals surface area contributed by atoms with E-state index in [1.165, 1.54) is 0 Å². The number of piperazine rings is 1. The quantitative estimate of drug-likeness (QED) is 0.341. The molecular weight excluding hydrogens is 632 g/mol. The molecular formula is C36H48N4O7S. The highest BCUT2D eigenvalue weighted by Crippen LogP contribution is 2.38. The minimum absolute atomic E-state index is 0.0282. The molecule has 48 heavy (non-hydrogen) atoms. The molecule has 1 fully saturated rings. The van der Waals surface area contributed by atoms with E-state index in [-0.39, 0.29) is 11.6 Å². The zero-order valence-electron chi connectivity index (χ0n) is 29.5. The van der Waals surface area contributed by atoms with Gasteiger partial charge in [0.1, 0.15) is 17.1 Å². The lowest BCUT2D eigenvalue weighted by molar-refractivity contribution is 0.0158. The lowest BCUT2D eigenvalue weighted by atomic mass is 9.94. The molecule has 5 rings (SSSR count). The molecule has 0 bridgehead atoms. The van der Waals surface area contributed by atoms with Crippen LogP contribution in [-0.2, 0) is 34.8 Å². The van der Waals surface area contributed by atoms with Gasteiger partial charge in [-0.1, -0.05) is 12.1 Å². The van der Waals surface area contributed by atoms with Crippen molar-refractivity contribution in [2.24, 2.45) is 7.05 Å². The summed E-state index contributed by atoms with van der Waals surface area (Å²) < 4.78 is 48.5. The molecule has 2 aliphatic rings. The predicted molar refractivity (Wildman–Crippen MR) is 185 cm³/mol. The van der Waals surface area contributed by atoms with Gasteiger partial charge in [-0.05, 0) is 88.4 Å². The Morgan fingerprint density at radius 1 is 0.958 bits per heavy atom. The third-order valence-electron chi connectivity index (χ3n) is 9.50. The van der Waals surface area contributed by atoms with Crippen LogP contribution in [-0.4, -0.2) is 85.7 Å². The van der Waals surface area contributed by atoms with E-state index >= 15 is 0 Å². The molecule has 0 spiro atoms. The number of hydrogen-bond acceptors (Lipinski definition) is 8. The highest BCUT2D eigenvalue weighted by atomic mass is 32.2. The van der Waals surface area contributed by atoms with Crippen LogP contribution in [0.3, 0.4) is 0 Å². The number of benzene rings is 2. The predicted octanol–water partition coefficient (Wildman–Crippen LogP) is 5.05. The van der Waals surface area contributed by atoms with E-state index in [2.05, 4.69) is 4.90 Å². The molecule has 0 aliphatic carbocycles. The van der Waals surface area contributed by atoms with Crippen LogP contribution in [0.2, 0.25) is 0 Å². The van der Waals surface area contributed by atoms with Crippen molar-refractivity contribution in [3.63, 3.8) is 0 Å². The molecule has 0 saturated carbocycles. The van der Waals surface area contributed by atoms with E-state index in [1.807, 2.05) is 65.9 Å². The number of carbonyl (C=O) groups is 1. The van der Waals surface area contributed by atoms with E-state index in [1.54, 1.807) is 47.2 Å². The molecule has 1 amide bonds. The third kappa shape index (κ3) is 6.83. The zero-order valence-corrected chi connectivity index (χ0v) is 30.4. The summed E-state index contributed by atoms with van der Waals surface area (Å²) in [6.45, 7) is 13.8. The van der Waals surface area contributed by atoms with Gasteiger partial charge < -0.3 is 23.7 Å². The number of sulfonamides is 1. The summed E-state index contributed by atoms with van der Waals surface area (Å²) in [6.07, 6.45) is 1.87. The van der Waals surface area contributed by atoms with E-state index in [0.717, 1.165) is 33.4 Å². The average Bonchev–Trinajstić information content (AvgIpc) is 3.04. The first-order valence-corrected chi connectivity index (χ1v) is 17.8. The van der Waals surface area contributed by atoms with Gasteiger partial charge in [0.2, 0.25) is 10.0 Å². The van der Waals surface area contributed by atoms with Crippen molar-refractivity contribution in [1.82, 2.24) is 18.7 Å². The fourth-order valence-corrected chi connectivity index (χ4v) is 8.40. The first-order chi connectivity index (χ1) is 22.6. The fraction of sp³-hybridized carbons (Fsp3) is 0.500. The number of aryl methyl sites for hydroxylation is 1. The normalized spacial score (nSPS) is 17.6. The maximum atomic E-state index is 14.0. The summed E-state index contributed by atoms with van der Waals surface area (Å²) in [7, 11) is 1.23. The number of hydrogen-bond donors (Lipinski definition) is 0. The summed E-state index contributed by atoms with van der Waals surface area (Å²) in [4.78, 5) is 29.5. The molecule has 3 aromatic rings. The van der Waals surface area contributed by atoms with Crippen molar-refractivity contribution in [2.75, 3.05) is 46.9 Å². The molecule has 1 aromatic heterocycles. The second kappa shape index (κ2) is 13.6. The Kier molecular flexibility index (Phi) is 10.0. The first-order valence-electron chi connectivity index (χ1n) is 16.3. The topological polar surface area (TPSA) is 111 Å². The largest absolute Gasteiger partial charge is 0.496 e. The number of pyridine rings is 1. The molecule has 1 saturated heterocycles. The van der Waals surface area contributed by atoms with Gasteiger partial charge in [0.05, 0.1) is 30.7 Å². The molecule has 11 nitrogen and oxygen atoms in total. The zero-order chi connectivity index (χ0) is 35.1. The van der Waals surface area contributed by atoms with Gasteiger partial charge in [-0.15, -0.1) is 0 Å². The van der Waals surface area contributed by atoms with Crippen molar-refractivity contribution in [3.8, 4) is 22.6 Å². The average molecular weight is 681 g/mol. The maximum Gasteiger partial charge on any atom is 0.410 e. The van der Waals surface area contributed by atoms with Crippen LogP contribution in [0, 0.1) is 13.8 Å². The second-order valence-corrected chi connectivity index (χ2v) is 15.6. The fourth-order valence-electron chi connectivity index (χ4n) is 6.70. The Morgan fingerprint density at radius 2 is 1.58 bits per heavy atom. The highest BCUT2D eigenvalue weighted by molar-refractivity contribution is 7.89. The Bertz CT molecular complexity index is 1850. The van der Waals surface area contributed by atoms with Gasteiger partial charge in [-0.25, -0.2) is 13.2 Å². The maximum absolute atomic E-state index is 14.0. The molecule has 3 heterocycles. The minimum Gasteiger partial charge on any atom is -0.496 e. The van der Waals surface area contributed by atoms with Gasteiger partial charge in [0, 0.05) is 63.6 Å². The SMILES string of the molecule is COc1cc(-c2cn(C)c(=O)c(C)c2C)cc(OC)c1CN1CCN(S(=O)(=O)c2cccc3c2CCN(C(=O)OC(C)(C)C)C3C)CC1. The molecule has 12 heteroatoms. The summed E-state index contributed by atoms with van der Waals surface area (Å²) >= 11 is 0. The van der Waals surface area contributed by atoms with Crippen LogP contribution in [0.15, 0.2) is 46.2 Å². The van der Waals surface area contributed by atoms with Crippen LogP contribution in [0.5, 0.6) is 11.5 Å². The number of rotatable bonds is 7. The van der Waals surface area contributed by atoms with E-state index in [4.69, 9.17) is 14.2 Å². The number of methoxy groups -OCH3 is 2. The molecule has 2 aromatic carbocycles. The van der Waals surface area contributed by atoms with Crippen LogP contribution < -0.4 is 15.0 Å². The van der Waals surface area contributed by atoms with Crippen LogP contribution in [0.25, 0.3) is 11.1 Å². The van der Waals surface area contributed by atoms with Gasteiger partial charge in [0.25, 0.3) is 5.56 Å². The minimum atomic E-state index is -3.77. The second-order valence-electron chi connectivity index (χ2n) is 13.7. The third-order valence-corrected chi connectivity index (χ3v) is 11.5. The number of aromatic nitrogens is 1. The van der Waals surface area contributed by atoms with Crippen LogP contribution >= 0.6 is 0 Å². The van der Waals surface area contributed by atoms with Gasteiger partial charge in [0.15, 0.2) is 0 Å². The van der Waals surface area contributed by atoms with Gasteiger partial charge in [-0.2, -0.15) is 4.31 Å². The van der Waals surface area contributed by atoms with Crippen molar-refractivity contribution in [2.45, 2.75) is 71.0 Å². The summed E-state index contributed by atoms with van der Waals surface area (Å²) in [5.41, 5.74) is 5.23. The molecule has 1 atom stereocenters. The lowest BCUT2D eigenvalue weighted by Gasteiger charge is -2.38. The summed E-state index contributed by atoms with van der Waals surface area (Å²) in [5, 5.41) is 0. The standard InChI is InChI=1S/C36H48N4O7S/c1-23-24(2)34(41)37(7)21-29(23)26-19-31(45-8)30(32(20-26)46-9)22-38-15-17-39(18-16-38)48(43,44)33-12-10-11-27-25(3)40(14-13-28(27)33)35(42)47-36(4,5)6/h10-12,19-21,25H,13-18,22H2,1-9H3. The van der Waals surface area contributed by atoms with Crippen molar-refractivity contribution in [1.29, 1.82) is 0 Å². The van der Waals surface area contributed by atoms with Crippen LogP contribution in [0.1, 0.15) is 61.6 Å². The number of carbonyl (C=O) groups excluding carboxylic acids is 1. The number of nitrogens with zero attached hydrogens (tertiary/aromatic N) is 4. The molecule has 260 valence electrons. The summed E-state index contributed by atoms with van der Waals surface area (Å²) in [6, 6.07) is 8.97. The Morgan fingerprint density at radius 3 is 2.17 bits per heavy atom. The van der Waals surface area contributed by atoms with Crippen molar-refractivity contribution < 1.29 is 27.4 Å². The molecule has 0 N–H and O–H groups in total. The molecule has 2 aliphatic heterocycles. The Hall–Kier alpha value is -3.87. The van der Waals surface area contributed by atoms with Crippen LogP contribution in [0.4, 0.5) is 4.79 Å². The number of ether oxygens (including phenoxy) is 3. The molecule has 0 radical (unpaired) electrons. The van der Waals surface area contributed by atoms with Crippen molar-refractivity contribution in [3.05, 3.63) is 74.7 Å². The first kappa shape index (κ1) is 35.4. The number of fused-ring (bicyclic) bond motifs is 1. The van der Waals surface area contributed by atoms with Gasteiger partial charge in [-0.3, -0.25) is 9.69 Å². The lowest BCUT2D eigenvalue weighted by Crippen LogP contribution is -2.48. The smallest absolute Gasteiger partial charge is 0.410 e. The highest BCUT2D eigenvalue weighted by Gasteiger charge is 2.36.